The number of rotatable bonds is 7. The molecule has 0 aliphatic rings. The summed E-state index contributed by atoms with van der Waals surface area (Å²) in [4.78, 5) is 2.73. The Morgan fingerprint density at radius 1 is 1.31 bits per heavy atom. The summed E-state index contributed by atoms with van der Waals surface area (Å²) in [6.07, 6.45) is 2.90. The highest BCUT2D eigenvalue weighted by atomic mass is 32.2. The molecule has 1 N–H and O–H groups in total. The fourth-order valence-electron chi connectivity index (χ4n) is 1.41. The maximum absolute atomic E-state index is 9.91. The van der Waals surface area contributed by atoms with Crippen LogP contribution in [0.15, 0.2) is 12.1 Å². The van der Waals surface area contributed by atoms with Crippen molar-refractivity contribution in [2.75, 3.05) is 5.75 Å². The minimum Gasteiger partial charge on any atom is -0.392 e. The molecule has 16 heavy (non-hydrogen) atoms. The zero-order valence-electron chi connectivity index (χ0n) is 10.4. The smallest absolute Gasteiger partial charge is 0.0678 e. The number of aliphatic hydroxyl groups excluding tert-OH is 1. The first-order valence-electron chi connectivity index (χ1n) is 6.02. The van der Waals surface area contributed by atoms with E-state index < -0.39 is 0 Å². The van der Waals surface area contributed by atoms with Crippen molar-refractivity contribution in [3.8, 4) is 0 Å². The Hall–Kier alpha value is 0.01000. The number of aliphatic hydroxyl groups is 1. The summed E-state index contributed by atoms with van der Waals surface area (Å²) in [6.45, 7) is 6.58. The summed E-state index contributed by atoms with van der Waals surface area (Å²) in [5, 5.41) is 10.6. The minimum atomic E-state index is -0.192. The van der Waals surface area contributed by atoms with Crippen molar-refractivity contribution in [2.24, 2.45) is 0 Å². The molecule has 92 valence electrons. The molecule has 0 radical (unpaired) electrons. The molecule has 0 spiro atoms. The Labute approximate surface area is 107 Å². The molecule has 2 unspecified atom stereocenters. The minimum absolute atomic E-state index is 0.192. The van der Waals surface area contributed by atoms with Gasteiger partial charge in [0, 0.05) is 27.2 Å². The largest absolute Gasteiger partial charge is 0.392 e. The molecule has 3 heteroatoms. The fourth-order valence-corrected chi connectivity index (χ4v) is 3.34. The van der Waals surface area contributed by atoms with Crippen LogP contribution in [0.5, 0.6) is 0 Å². The van der Waals surface area contributed by atoms with Crippen LogP contribution in [0.2, 0.25) is 0 Å². The van der Waals surface area contributed by atoms with Gasteiger partial charge in [-0.2, -0.15) is 11.8 Å². The van der Waals surface area contributed by atoms with Crippen LogP contribution in [0, 0.1) is 0 Å². The Bertz CT molecular complexity index is 296. The predicted molar refractivity (Wildman–Crippen MR) is 75.6 cm³/mol. The summed E-state index contributed by atoms with van der Waals surface area (Å²) in [7, 11) is 0. The van der Waals surface area contributed by atoms with Gasteiger partial charge < -0.3 is 5.11 Å². The molecule has 2 atom stereocenters. The first-order chi connectivity index (χ1) is 7.65. The molecule has 1 heterocycles. The Morgan fingerprint density at radius 3 is 2.56 bits per heavy atom. The second kappa shape index (κ2) is 7.36. The van der Waals surface area contributed by atoms with Gasteiger partial charge in [0.15, 0.2) is 0 Å². The Kier molecular flexibility index (Phi) is 6.47. The van der Waals surface area contributed by atoms with E-state index in [1.54, 1.807) is 0 Å². The van der Waals surface area contributed by atoms with Crippen LogP contribution in [0.4, 0.5) is 0 Å². The molecule has 0 amide bonds. The second-order valence-corrected chi connectivity index (χ2v) is 6.86. The highest BCUT2D eigenvalue weighted by molar-refractivity contribution is 7.99. The molecule has 1 aromatic heterocycles. The summed E-state index contributed by atoms with van der Waals surface area (Å²) >= 11 is 3.70. The zero-order chi connectivity index (χ0) is 12.0. The highest BCUT2D eigenvalue weighted by Crippen LogP contribution is 2.21. The van der Waals surface area contributed by atoms with Crippen LogP contribution < -0.4 is 0 Å². The molecular formula is C13H22OS2. The normalized spacial score (nSPS) is 15.0. The van der Waals surface area contributed by atoms with E-state index in [1.807, 2.05) is 23.1 Å². The van der Waals surface area contributed by atoms with Crippen LogP contribution in [0.1, 0.15) is 36.9 Å². The topological polar surface area (TPSA) is 20.2 Å². The molecule has 0 saturated carbocycles. The van der Waals surface area contributed by atoms with E-state index in [0.29, 0.717) is 5.25 Å². The van der Waals surface area contributed by atoms with E-state index in [-0.39, 0.29) is 6.10 Å². The van der Waals surface area contributed by atoms with Crippen molar-refractivity contribution >= 4 is 23.1 Å². The number of hydrogen-bond donors (Lipinski definition) is 1. The van der Waals surface area contributed by atoms with Crippen molar-refractivity contribution < 1.29 is 5.11 Å². The molecule has 0 aromatic carbocycles. The van der Waals surface area contributed by atoms with Crippen LogP contribution in [0.3, 0.4) is 0 Å². The monoisotopic (exact) mass is 258 g/mol. The van der Waals surface area contributed by atoms with E-state index in [4.69, 9.17) is 0 Å². The quantitative estimate of drug-likeness (QED) is 0.804. The Balaban J connectivity index is 2.30. The van der Waals surface area contributed by atoms with Gasteiger partial charge in [-0.3, -0.25) is 0 Å². The molecule has 0 aliphatic carbocycles. The molecule has 1 aromatic rings. The molecular weight excluding hydrogens is 236 g/mol. The second-order valence-electron chi connectivity index (χ2n) is 4.13. The average molecular weight is 258 g/mol. The predicted octanol–water partition coefficient (Wildman–Crippen LogP) is 3.75. The summed E-state index contributed by atoms with van der Waals surface area (Å²) in [5.74, 6) is 0.856. The van der Waals surface area contributed by atoms with Crippen LogP contribution >= 0.6 is 23.1 Å². The van der Waals surface area contributed by atoms with Gasteiger partial charge in [0.05, 0.1) is 6.10 Å². The van der Waals surface area contributed by atoms with Gasteiger partial charge in [0.25, 0.3) is 0 Å². The van der Waals surface area contributed by atoms with E-state index in [0.717, 1.165) is 18.6 Å². The number of thiophene rings is 1. The van der Waals surface area contributed by atoms with E-state index in [9.17, 15) is 5.11 Å². The van der Waals surface area contributed by atoms with Gasteiger partial charge in [-0.15, -0.1) is 11.3 Å². The van der Waals surface area contributed by atoms with Gasteiger partial charge in [0.2, 0.25) is 0 Å². The lowest BCUT2D eigenvalue weighted by Crippen LogP contribution is -2.14. The van der Waals surface area contributed by atoms with Crippen molar-refractivity contribution in [3.05, 3.63) is 21.9 Å². The maximum Gasteiger partial charge on any atom is 0.0678 e. The molecule has 0 fully saturated rings. The van der Waals surface area contributed by atoms with Crippen LogP contribution in [0.25, 0.3) is 0 Å². The lowest BCUT2D eigenvalue weighted by atomic mass is 10.2. The molecule has 0 bridgehead atoms. The standard InChI is InChI=1S/C13H22OS2/c1-4-10(3)15-9-11(14)8-13-7-6-12(5-2)16-13/h6-7,10-11,14H,4-5,8-9H2,1-3H3. The number of hydrogen-bond acceptors (Lipinski definition) is 3. The first-order valence-corrected chi connectivity index (χ1v) is 7.89. The van der Waals surface area contributed by atoms with E-state index >= 15 is 0 Å². The third-order valence-electron chi connectivity index (χ3n) is 2.65. The van der Waals surface area contributed by atoms with Crippen molar-refractivity contribution in [3.63, 3.8) is 0 Å². The summed E-state index contributed by atoms with van der Waals surface area (Å²) in [6, 6.07) is 4.33. The number of thioether (sulfide) groups is 1. The molecule has 0 aliphatic heterocycles. The van der Waals surface area contributed by atoms with Crippen LogP contribution in [-0.4, -0.2) is 22.2 Å². The van der Waals surface area contributed by atoms with E-state index in [1.165, 1.54) is 16.2 Å². The van der Waals surface area contributed by atoms with Gasteiger partial charge in [-0.1, -0.05) is 20.8 Å². The Morgan fingerprint density at radius 2 is 2.00 bits per heavy atom. The van der Waals surface area contributed by atoms with E-state index in [2.05, 4.69) is 32.9 Å². The SMILES string of the molecule is CCc1ccc(CC(O)CSC(C)CC)s1. The molecule has 1 rings (SSSR count). The molecule has 1 nitrogen and oxygen atoms in total. The molecule has 0 saturated heterocycles. The summed E-state index contributed by atoms with van der Waals surface area (Å²) in [5.41, 5.74) is 0. The van der Waals surface area contributed by atoms with Gasteiger partial charge in [0.1, 0.15) is 0 Å². The van der Waals surface area contributed by atoms with Gasteiger partial charge in [-0.05, 0) is 25.0 Å². The number of aryl methyl sites for hydroxylation is 1. The zero-order valence-corrected chi connectivity index (χ0v) is 12.0. The van der Waals surface area contributed by atoms with Gasteiger partial charge in [-0.25, -0.2) is 0 Å². The first kappa shape index (κ1) is 14.1. The van der Waals surface area contributed by atoms with Crippen molar-refractivity contribution in [2.45, 2.75) is 51.4 Å². The highest BCUT2D eigenvalue weighted by Gasteiger charge is 2.09. The third-order valence-corrected chi connectivity index (χ3v) is 5.38. The third kappa shape index (κ3) is 4.89. The lowest BCUT2D eigenvalue weighted by Gasteiger charge is -2.12. The fraction of sp³-hybridized carbons (Fsp3) is 0.692. The maximum atomic E-state index is 9.91. The van der Waals surface area contributed by atoms with Crippen LogP contribution in [-0.2, 0) is 12.8 Å². The summed E-state index contributed by atoms with van der Waals surface area (Å²) < 4.78 is 0. The van der Waals surface area contributed by atoms with Gasteiger partial charge >= 0.3 is 0 Å². The average Bonchev–Trinajstić information content (AvgIpc) is 2.73. The van der Waals surface area contributed by atoms with Crippen molar-refractivity contribution in [1.29, 1.82) is 0 Å². The van der Waals surface area contributed by atoms with Crippen molar-refractivity contribution in [1.82, 2.24) is 0 Å². The lowest BCUT2D eigenvalue weighted by molar-refractivity contribution is 0.201.